The van der Waals surface area contributed by atoms with Crippen LogP contribution in [0.15, 0.2) is 59.3 Å². The molecule has 0 nitrogen and oxygen atoms in total. The van der Waals surface area contributed by atoms with E-state index in [1.54, 1.807) is 0 Å². The Morgan fingerprint density at radius 3 is 0.492 bits per heavy atom. The lowest BCUT2D eigenvalue weighted by Gasteiger charge is -2.03. The summed E-state index contributed by atoms with van der Waals surface area (Å²) in [5, 5.41) is 4.62. The predicted octanol–water partition coefficient (Wildman–Crippen LogP) is 40.6. The first-order chi connectivity index (χ1) is 58.2. The van der Waals surface area contributed by atoms with Gasteiger partial charge in [0.1, 0.15) is 0 Å². The van der Waals surface area contributed by atoms with Gasteiger partial charge in [0.2, 0.25) is 0 Å². The minimum absolute atomic E-state index is 1.15. The number of hydrogen-bond acceptors (Lipinski definition) is 8. The fourth-order valence-corrected chi connectivity index (χ4v) is 24.4. The minimum Gasteiger partial charge on any atom is -0.144 e. The zero-order chi connectivity index (χ0) is 82.9. The average Bonchev–Trinajstić information content (AvgIpc) is 1.69. The summed E-state index contributed by atoms with van der Waals surface area (Å²) in [5.41, 5.74) is 12.3. The molecule has 0 atom stereocenters. The van der Waals surface area contributed by atoms with Gasteiger partial charge in [0, 0.05) is 68.3 Å². The Hall–Kier alpha value is -4.22. The zero-order valence-electron chi connectivity index (χ0n) is 75.7. The Morgan fingerprint density at radius 1 is 0.161 bits per heavy atom. The van der Waals surface area contributed by atoms with E-state index in [9.17, 15) is 0 Å². The first kappa shape index (κ1) is 99.2. The topological polar surface area (TPSA) is 0 Å². The van der Waals surface area contributed by atoms with E-state index >= 15 is 0 Å². The third-order valence-corrected chi connectivity index (χ3v) is 32.4. The first-order valence-corrected chi connectivity index (χ1v) is 55.6. The van der Waals surface area contributed by atoms with Crippen LogP contribution >= 0.6 is 90.7 Å². The smallest absolute Gasteiger partial charge is 0.0309 e. The summed E-state index contributed by atoms with van der Waals surface area (Å²) in [5.74, 6) is 0. The summed E-state index contributed by atoms with van der Waals surface area (Å²) in [4.78, 5) is 19.9. The molecule has 0 aliphatic heterocycles. The first-order valence-electron chi connectivity index (χ1n) is 48.9. The van der Waals surface area contributed by atoms with Gasteiger partial charge in [-0.05, 0) is 292 Å². The van der Waals surface area contributed by atoms with Crippen LogP contribution in [0.3, 0.4) is 0 Å². The molecule has 8 aromatic heterocycles. The lowest BCUT2D eigenvalue weighted by molar-refractivity contribution is 0.607. The van der Waals surface area contributed by atoms with Crippen molar-refractivity contribution in [3.8, 4) is 0 Å². The van der Waals surface area contributed by atoms with Gasteiger partial charge in [-0.15, -0.1) is 90.7 Å². The molecule has 118 heavy (non-hydrogen) atoms. The summed E-state index contributed by atoms with van der Waals surface area (Å²) < 4.78 is 0. The fraction of sp³-hybridized carbons (Fsp3) is 0.582. The lowest BCUT2D eigenvalue weighted by atomic mass is 10.0. The van der Waals surface area contributed by atoms with Gasteiger partial charge in [-0.1, -0.05) is 312 Å². The van der Waals surface area contributed by atoms with Crippen LogP contribution in [0.25, 0.3) is 85.1 Å². The zero-order valence-corrected chi connectivity index (χ0v) is 82.3. The summed E-state index contributed by atoms with van der Waals surface area (Å²) in [7, 11) is 0. The molecule has 0 unspecified atom stereocenters. The van der Waals surface area contributed by atoms with Crippen LogP contribution in [0, 0.1) is 0 Å². The Labute approximate surface area is 756 Å². The van der Waals surface area contributed by atoms with Gasteiger partial charge >= 0.3 is 0 Å². The van der Waals surface area contributed by atoms with Crippen LogP contribution in [0.1, 0.15) is 476 Å². The Balaban J connectivity index is 1.07. The van der Waals surface area contributed by atoms with Crippen LogP contribution in [-0.2, 0) is 51.4 Å². The molecule has 0 saturated heterocycles. The second-order valence-electron chi connectivity index (χ2n) is 34.3. The van der Waals surface area contributed by atoms with Crippen LogP contribution in [0.5, 0.6) is 0 Å². The summed E-state index contributed by atoms with van der Waals surface area (Å²) in [6.07, 6.45) is 108. The van der Waals surface area contributed by atoms with Crippen molar-refractivity contribution in [1.29, 1.82) is 0 Å². The molecule has 0 aromatic carbocycles. The number of unbranched alkanes of at least 4 members (excludes halogenated alkanes) is 40. The molecule has 8 rings (SSSR count). The third-order valence-electron chi connectivity index (χ3n) is 23.9. The normalized spacial score (nSPS) is 12.4. The number of rotatable bonds is 70. The van der Waals surface area contributed by atoms with Gasteiger partial charge in [-0.2, -0.15) is 0 Å². The van der Waals surface area contributed by atoms with Gasteiger partial charge in [-0.25, -0.2) is 0 Å². The molecule has 0 spiro atoms. The highest BCUT2D eigenvalue weighted by Gasteiger charge is 2.16. The Bertz CT molecular complexity index is 3840. The molecular weight excluding hydrogens is 1580 g/mol. The van der Waals surface area contributed by atoms with Crippen LogP contribution in [0.2, 0.25) is 0 Å². The van der Waals surface area contributed by atoms with E-state index in [0.29, 0.717) is 0 Å². The Morgan fingerprint density at radius 2 is 0.305 bits per heavy atom. The van der Waals surface area contributed by atoms with Crippen molar-refractivity contribution in [2.45, 2.75) is 415 Å². The van der Waals surface area contributed by atoms with E-state index in [4.69, 9.17) is 0 Å². The highest BCUT2D eigenvalue weighted by atomic mass is 32.1. The van der Waals surface area contributed by atoms with Crippen molar-refractivity contribution in [2.24, 2.45) is 0 Å². The summed E-state index contributed by atoms with van der Waals surface area (Å²) in [6, 6.07) is 20.1. The molecule has 0 aliphatic rings. The van der Waals surface area contributed by atoms with E-state index in [0.717, 1.165) is 38.5 Å². The van der Waals surface area contributed by atoms with E-state index < -0.39 is 0 Å². The Kier molecular flexibility index (Phi) is 52.8. The van der Waals surface area contributed by atoms with Crippen molar-refractivity contribution >= 4 is 176 Å². The van der Waals surface area contributed by atoms with E-state index in [2.05, 4.69) is 200 Å². The molecule has 0 aliphatic carbocycles. The molecule has 648 valence electrons. The number of thiophene rings is 8. The molecule has 0 fully saturated rings. The van der Waals surface area contributed by atoms with Crippen LogP contribution < -0.4 is 0 Å². The van der Waals surface area contributed by atoms with Crippen molar-refractivity contribution in [3.05, 3.63) is 172 Å². The second kappa shape index (κ2) is 62.8. The standard InChI is InChI=1S/C110H160S8/c1-9-17-25-33-41-49-57-89-79-81-111-103(89)71-67-99-85-91(59-51-43-35-27-19-11-3)105(115-99)73-69-101-87-95(63-55-47-39-31-23-15-7)109(117-101)77-75-107-93(61-53-45-37-29-21-13-5)83-97(113-107)65-66-98-84-94(62-54-46-38-30-22-14-6)108(114-98)76-78-110-96(64-56-48-40-32-24-16-8)88-102(118-110)70-74-106-92(60-52-44-36-28-20-12-4)86-100(116-106)68-72-104-90(80-82-112-104)58-50-42-34-26-18-10-2/h65-88H,9-64H2,1-8H3/b66-65+,71-67+,72-68+,73-69+,74-70+,77-75+,78-76+. The van der Waals surface area contributed by atoms with E-state index in [-0.39, 0.29) is 0 Å². The molecular formula is C110H160S8. The van der Waals surface area contributed by atoms with Gasteiger partial charge in [-0.3, -0.25) is 0 Å². The molecule has 0 bridgehead atoms. The van der Waals surface area contributed by atoms with E-state index in [1.165, 1.54) is 434 Å². The van der Waals surface area contributed by atoms with Crippen LogP contribution in [0.4, 0.5) is 0 Å². The van der Waals surface area contributed by atoms with Gasteiger partial charge < -0.3 is 0 Å². The number of hydrogen-bond donors (Lipinski definition) is 0. The molecule has 8 heteroatoms. The quantitative estimate of drug-likeness (QED) is 0.0333. The van der Waals surface area contributed by atoms with Gasteiger partial charge in [0.05, 0.1) is 0 Å². The van der Waals surface area contributed by atoms with Crippen molar-refractivity contribution in [2.75, 3.05) is 0 Å². The van der Waals surface area contributed by atoms with Gasteiger partial charge in [0.15, 0.2) is 0 Å². The fourth-order valence-electron chi connectivity index (χ4n) is 16.6. The van der Waals surface area contributed by atoms with Crippen LogP contribution in [-0.4, -0.2) is 0 Å². The van der Waals surface area contributed by atoms with Gasteiger partial charge in [0.25, 0.3) is 0 Å². The molecule has 8 heterocycles. The third kappa shape index (κ3) is 39.3. The highest BCUT2D eigenvalue weighted by Crippen LogP contribution is 2.39. The van der Waals surface area contributed by atoms with Crippen molar-refractivity contribution in [1.82, 2.24) is 0 Å². The molecule has 0 radical (unpaired) electrons. The molecule has 0 saturated carbocycles. The van der Waals surface area contributed by atoms with Crippen molar-refractivity contribution in [3.63, 3.8) is 0 Å². The molecule has 0 N–H and O–H groups in total. The minimum atomic E-state index is 1.15. The average molecular weight is 1740 g/mol. The maximum Gasteiger partial charge on any atom is 0.0309 e. The second-order valence-corrected chi connectivity index (χ2v) is 42.9. The summed E-state index contributed by atoms with van der Waals surface area (Å²) in [6.45, 7) is 18.7. The lowest BCUT2D eigenvalue weighted by Crippen LogP contribution is -1.87. The largest absolute Gasteiger partial charge is 0.144 e. The van der Waals surface area contributed by atoms with Crippen molar-refractivity contribution < 1.29 is 0 Å². The predicted molar refractivity (Wildman–Crippen MR) is 554 cm³/mol. The SMILES string of the molecule is CCCCCCCCc1ccsc1/C=C/c1cc(CCCCCCCC)c(/C=C/c2cc(CCCCCCCC)c(/C=C/c3sc(/C=C/c4cc(CCCCCCCC)c(/C=C/c5sc(/C=C/c6sc(/C=C/c7sccc7CCCCCCCC)cc6CCCCCCCC)cc5CCCCCCCC)s4)cc3CCCCCCCC)s2)s1. The maximum absolute atomic E-state index is 2.57. The monoisotopic (exact) mass is 1740 g/mol. The molecule has 0 amide bonds. The van der Waals surface area contributed by atoms with E-state index in [1.807, 2.05) is 90.7 Å². The highest BCUT2D eigenvalue weighted by molar-refractivity contribution is 7.17. The number of aryl methyl sites for hydroxylation is 8. The summed E-state index contributed by atoms with van der Waals surface area (Å²) >= 11 is 15.9. The molecule has 8 aromatic rings. The maximum atomic E-state index is 2.57.